The van der Waals surface area contributed by atoms with Crippen molar-refractivity contribution in [3.8, 4) is 0 Å². The first kappa shape index (κ1) is 35.1. The molecule has 0 aliphatic carbocycles. The molecular formula is C39H36F2N4O6. The molecule has 4 aromatic rings. The topological polar surface area (TPSA) is 129 Å². The number of carboxylic acid groups (broad SMARTS) is 1. The van der Waals surface area contributed by atoms with E-state index in [0.717, 1.165) is 35.6 Å². The largest absolute Gasteiger partial charge is 0.480 e. The zero-order valence-corrected chi connectivity index (χ0v) is 27.6. The number of likely N-dealkylation sites (tertiary alicyclic amines) is 1. The molecule has 2 aliphatic rings. The maximum absolute atomic E-state index is 14.6. The van der Waals surface area contributed by atoms with Gasteiger partial charge in [0.15, 0.2) is 17.7 Å². The second-order valence-electron chi connectivity index (χ2n) is 12.4. The van der Waals surface area contributed by atoms with Gasteiger partial charge in [0.2, 0.25) is 11.8 Å². The van der Waals surface area contributed by atoms with Crippen LogP contribution in [-0.4, -0.2) is 76.3 Å². The van der Waals surface area contributed by atoms with Crippen molar-refractivity contribution in [3.05, 3.63) is 137 Å². The van der Waals surface area contributed by atoms with Crippen LogP contribution in [0.25, 0.3) is 0 Å². The van der Waals surface area contributed by atoms with Crippen molar-refractivity contribution in [2.24, 2.45) is 4.99 Å². The van der Waals surface area contributed by atoms with Crippen molar-refractivity contribution in [2.75, 3.05) is 25.0 Å². The molecule has 10 nitrogen and oxygen atoms in total. The molecule has 12 heteroatoms. The van der Waals surface area contributed by atoms with Crippen LogP contribution < -0.4 is 5.32 Å². The molecule has 0 radical (unpaired) electrons. The van der Waals surface area contributed by atoms with E-state index in [-0.39, 0.29) is 30.3 Å². The van der Waals surface area contributed by atoms with Crippen molar-refractivity contribution < 1.29 is 37.8 Å². The Morgan fingerprint density at radius 3 is 2.29 bits per heavy atom. The summed E-state index contributed by atoms with van der Waals surface area (Å²) in [6, 6.07) is 26.3. The lowest BCUT2D eigenvalue weighted by Crippen LogP contribution is -2.39. The molecule has 0 spiro atoms. The highest BCUT2D eigenvalue weighted by molar-refractivity contribution is 6.18. The lowest BCUT2D eigenvalue weighted by Gasteiger charge is -2.25. The van der Waals surface area contributed by atoms with Gasteiger partial charge in [0.25, 0.3) is 0 Å². The Kier molecular flexibility index (Phi) is 10.9. The van der Waals surface area contributed by atoms with Gasteiger partial charge in [-0.25, -0.2) is 23.3 Å². The summed E-state index contributed by atoms with van der Waals surface area (Å²) in [4.78, 5) is 60.2. The van der Waals surface area contributed by atoms with Gasteiger partial charge in [0, 0.05) is 30.0 Å². The van der Waals surface area contributed by atoms with Gasteiger partial charge in [-0.1, -0.05) is 84.9 Å². The average molecular weight is 695 g/mol. The summed E-state index contributed by atoms with van der Waals surface area (Å²) in [7, 11) is 0. The maximum Gasteiger partial charge on any atom is 0.416 e. The lowest BCUT2D eigenvalue weighted by atomic mass is 9.87. The van der Waals surface area contributed by atoms with E-state index in [9.17, 15) is 33.1 Å². The highest BCUT2D eigenvalue weighted by Gasteiger charge is 2.37. The number of carbonyl (C=O) groups is 4. The molecule has 2 fully saturated rings. The normalized spacial score (nSPS) is 17.5. The number of halogens is 2. The molecule has 0 aromatic heterocycles. The van der Waals surface area contributed by atoms with Crippen LogP contribution in [0.15, 0.2) is 108 Å². The highest BCUT2D eigenvalue weighted by Crippen LogP contribution is 2.32. The van der Waals surface area contributed by atoms with Crippen LogP contribution in [0.1, 0.15) is 47.4 Å². The number of imide groups is 1. The number of aliphatic carboxylic acids is 1. The third-order valence-corrected chi connectivity index (χ3v) is 9.11. The molecule has 0 saturated carbocycles. The molecule has 262 valence electrons. The number of carbonyl (C=O) groups excluding carboxylic acids is 3. The minimum Gasteiger partial charge on any atom is -0.480 e. The van der Waals surface area contributed by atoms with E-state index >= 15 is 0 Å². The zero-order valence-electron chi connectivity index (χ0n) is 27.6. The molecule has 0 unspecified atom stereocenters. The van der Waals surface area contributed by atoms with Crippen LogP contribution in [0.2, 0.25) is 0 Å². The van der Waals surface area contributed by atoms with Crippen molar-refractivity contribution >= 4 is 35.3 Å². The van der Waals surface area contributed by atoms with Crippen LogP contribution >= 0.6 is 0 Å². The van der Waals surface area contributed by atoms with Crippen LogP contribution in [-0.2, 0) is 25.7 Å². The first-order chi connectivity index (χ1) is 24.7. The number of anilines is 1. The standard InChI is InChI=1S/C39H36F2N4O6/c40-30-18-17-27(22-31(30)41)29(23-34(46)45-20-21-51-39(45)50)36(38(48)49)43-35(26-12-5-2-6-13-26)28-14-7-8-15-32(28)42-37(47)33-16-9-19-44(33)24-25-10-3-1-4-11-25/h1-8,10-15,17-18,22,29,33,36H,9,16,19-21,23-24H2,(H,42,47)(H,48,49)/t29-,33+,36+/m1/s1. The second-order valence-corrected chi connectivity index (χ2v) is 12.4. The Morgan fingerprint density at radius 2 is 1.61 bits per heavy atom. The van der Waals surface area contributed by atoms with Crippen molar-refractivity contribution in [1.82, 2.24) is 9.80 Å². The number of nitrogens with zero attached hydrogens (tertiary/aromatic N) is 3. The van der Waals surface area contributed by atoms with Crippen molar-refractivity contribution in [2.45, 2.75) is 43.8 Å². The molecule has 6 rings (SSSR count). The smallest absolute Gasteiger partial charge is 0.416 e. The Morgan fingerprint density at radius 1 is 0.902 bits per heavy atom. The fourth-order valence-electron chi connectivity index (χ4n) is 6.57. The highest BCUT2D eigenvalue weighted by atomic mass is 19.2. The summed E-state index contributed by atoms with van der Waals surface area (Å²) >= 11 is 0. The zero-order chi connectivity index (χ0) is 35.9. The van der Waals surface area contributed by atoms with E-state index in [1.54, 1.807) is 54.6 Å². The minimum absolute atomic E-state index is 0.000273. The van der Waals surface area contributed by atoms with Gasteiger partial charge in [-0.2, -0.15) is 0 Å². The third kappa shape index (κ3) is 8.18. The number of carboxylic acids is 1. The molecular weight excluding hydrogens is 658 g/mol. The molecule has 51 heavy (non-hydrogen) atoms. The Hall–Kier alpha value is -5.75. The number of hydrogen-bond acceptors (Lipinski definition) is 7. The van der Waals surface area contributed by atoms with E-state index < -0.39 is 54.0 Å². The number of ether oxygens (including phenoxy) is 1. The second kappa shape index (κ2) is 15.9. The van der Waals surface area contributed by atoms with E-state index in [4.69, 9.17) is 9.73 Å². The Balaban J connectivity index is 1.39. The summed E-state index contributed by atoms with van der Waals surface area (Å²) in [6.07, 6.45) is 0.0671. The third-order valence-electron chi connectivity index (χ3n) is 9.11. The van der Waals surface area contributed by atoms with Gasteiger partial charge < -0.3 is 15.2 Å². The molecule has 0 bridgehead atoms. The summed E-state index contributed by atoms with van der Waals surface area (Å²) in [5.74, 6) is -6.13. The number of para-hydroxylation sites is 1. The molecule has 2 heterocycles. The SMILES string of the molecule is O=C(O)[C@@H](N=C(c1ccccc1)c1ccccc1NC(=O)[C@@H]1CCCN1Cc1ccccc1)[C@H](CC(=O)N1CCOC1=O)c1ccc(F)c(F)c1. The van der Waals surface area contributed by atoms with E-state index in [1.165, 1.54) is 6.07 Å². The van der Waals surface area contributed by atoms with Crippen molar-refractivity contribution in [3.63, 3.8) is 0 Å². The number of rotatable bonds is 12. The van der Waals surface area contributed by atoms with Gasteiger partial charge in [0.05, 0.1) is 24.0 Å². The summed E-state index contributed by atoms with van der Waals surface area (Å²) < 4.78 is 33.5. The van der Waals surface area contributed by atoms with E-state index in [2.05, 4.69) is 10.2 Å². The first-order valence-electron chi connectivity index (χ1n) is 16.7. The van der Waals surface area contributed by atoms with E-state index in [0.29, 0.717) is 29.8 Å². The van der Waals surface area contributed by atoms with Gasteiger partial charge >= 0.3 is 12.1 Å². The molecule has 4 aromatic carbocycles. The molecule has 2 aliphatic heterocycles. The fourth-order valence-corrected chi connectivity index (χ4v) is 6.57. The lowest BCUT2D eigenvalue weighted by molar-refractivity contribution is -0.139. The van der Waals surface area contributed by atoms with Crippen LogP contribution in [0.3, 0.4) is 0 Å². The van der Waals surface area contributed by atoms with Gasteiger partial charge in [0.1, 0.15) is 6.61 Å². The average Bonchev–Trinajstić information content (AvgIpc) is 3.79. The number of amides is 3. The van der Waals surface area contributed by atoms with Gasteiger partial charge in [-0.05, 0) is 48.7 Å². The minimum atomic E-state index is -1.72. The predicted molar refractivity (Wildman–Crippen MR) is 185 cm³/mol. The van der Waals surface area contributed by atoms with Crippen LogP contribution in [0.4, 0.5) is 19.3 Å². The molecule has 3 atom stereocenters. The van der Waals surface area contributed by atoms with Crippen LogP contribution in [0.5, 0.6) is 0 Å². The molecule has 3 amide bonds. The fraction of sp³-hybridized carbons (Fsp3) is 0.256. The van der Waals surface area contributed by atoms with Gasteiger partial charge in [-0.3, -0.25) is 19.5 Å². The number of cyclic esters (lactones) is 1. The van der Waals surface area contributed by atoms with Crippen molar-refractivity contribution in [1.29, 1.82) is 0 Å². The summed E-state index contributed by atoms with van der Waals surface area (Å²) in [5, 5.41) is 13.7. The molecule has 2 N–H and O–H groups in total. The Labute approximate surface area is 293 Å². The summed E-state index contributed by atoms with van der Waals surface area (Å²) in [6.45, 7) is 1.31. The molecule has 2 saturated heterocycles. The predicted octanol–water partition coefficient (Wildman–Crippen LogP) is 6.01. The number of nitrogens with one attached hydrogen (secondary N) is 1. The van der Waals surface area contributed by atoms with Gasteiger partial charge in [-0.15, -0.1) is 0 Å². The first-order valence-corrected chi connectivity index (χ1v) is 16.7. The number of aliphatic imine (C=N–C) groups is 1. The van der Waals surface area contributed by atoms with E-state index in [1.807, 2.05) is 30.3 Å². The Bertz CT molecular complexity index is 1940. The number of benzene rings is 4. The monoisotopic (exact) mass is 694 g/mol. The van der Waals surface area contributed by atoms with Crippen LogP contribution in [0, 0.1) is 11.6 Å². The summed E-state index contributed by atoms with van der Waals surface area (Å²) in [5.41, 5.74) is 2.59. The quantitative estimate of drug-likeness (QED) is 0.174. The maximum atomic E-state index is 14.6. The number of hydrogen-bond donors (Lipinski definition) is 2.